The summed E-state index contributed by atoms with van der Waals surface area (Å²) in [7, 11) is 0. The summed E-state index contributed by atoms with van der Waals surface area (Å²) >= 11 is 1.19. The molecule has 9 heteroatoms. The average molecular weight is 266 g/mol. The van der Waals surface area contributed by atoms with Crippen molar-refractivity contribution in [2.45, 2.75) is 13.5 Å². The number of carbonyl (C=O) groups excluding carboxylic acids is 2. The van der Waals surface area contributed by atoms with Gasteiger partial charge < -0.3 is 10.6 Å². The molecule has 3 N–H and O–H groups in total. The van der Waals surface area contributed by atoms with Crippen molar-refractivity contribution in [1.82, 2.24) is 25.5 Å². The SMILES string of the molecule is CC(=O)Nc1nc(C(=O)NCc2ncn[nH]2)cs1. The van der Waals surface area contributed by atoms with Crippen LogP contribution in [0.4, 0.5) is 5.13 Å². The summed E-state index contributed by atoms with van der Waals surface area (Å²) < 4.78 is 0. The molecule has 0 bridgehead atoms. The number of anilines is 1. The maximum atomic E-state index is 11.7. The zero-order chi connectivity index (χ0) is 13.0. The molecule has 2 amide bonds. The first-order valence-corrected chi connectivity index (χ1v) is 5.88. The van der Waals surface area contributed by atoms with Crippen LogP contribution in [0.25, 0.3) is 0 Å². The quantitative estimate of drug-likeness (QED) is 0.729. The van der Waals surface area contributed by atoms with Gasteiger partial charge in [-0.05, 0) is 0 Å². The van der Waals surface area contributed by atoms with Crippen molar-refractivity contribution in [1.29, 1.82) is 0 Å². The third kappa shape index (κ3) is 3.10. The Labute approximate surface area is 106 Å². The van der Waals surface area contributed by atoms with Gasteiger partial charge in [-0.1, -0.05) is 0 Å². The zero-order valence-electron chi connectivity index (χ0n) is 9.43. The van der Waals surface area contributed by atoms with Crippen LogP contribution in [-0.2, 0) is 11.3 Å². The van der Waals surface area contributed by atoms with Crippen molar-refractivity contribution in [2.75, 3.05) is 5.32 Å². The number of aromatic amines is 1. The van der Waals surface area contributed by atoms with Gasteiger partial charge in [0.1, 0.15) is 17.8 Å². The van der Waals surface area contributed by atoms with Gasteiger partial charge in [0.25, 0.3) is 5.91 Å². The summed E-state index contributed by atoms with van der Waals surface area (Å²) in [6.07, 6.45) is 1.36. The van der Waals surface area contributed by atoms with Gasteiger partial charge in [0.05, 0.1) is 6.54 Å². The van der Waals surface area contributed by atoms with Crippen LogP contribution in [0.2, 0.25) is 0 Å². The number of nitrogens with zero attached hydrogens (tertiary/aromatic N) is 3. The molecule has 94 valence electrons. The smallest absolute Gasteiger partial charge is 0.271 e. The molecule has 0 spiro atoms. The highest BCUT2D eigenvalue weighted by atomic mass is 32.1. The number of thiazole rings is 1. The molecule has 18 heavy (non-hydrogen) atoms. The molecular weight excluding hydrogens is 256 g/mol. The third-order valence-electron chi connectivity index (χ3n) is 1.90. The molecule has 0 radical (unpaired) electrons. The van der Waals surface area contributed by atoms with Gasteiger partial charge in [0, 0.05) is 12.3 Å². The van der Waals surface area contributed by atoms with Gasteiger partial charge in [-0.25, -0.2) is 9.97 Å². The van der Waals surface area contributed by atoms with Gasteiger partial charge in [-0.15, -0.1) is 11.3 Å². The molecule has 2 aromatic heterocycles. The molecule has 0 unspecified atom stereocenters. The van der Waals surface area contributed by atoms with Crippen LogP contribution < -0.4 is 10.6 Å². The zero-order valence-corrected chi connectivity index (χ0v) is 10.2. The molecule has 2 aromatic rings. The maximum Gasteiger partial charge on any atom is 0.271 e. The summed E-state index contributed by atoms with van der Waals surface area (Å²) in [5.41, 5.74) is 0.253. The van der Waals surface area contributed by atoms with Crippen LogP contribution >= 0.6 is 11.3 Å². The molecule has 0 aliphatic carbocycles. The molecule has 0 aromatic carbocycles. The maximum absolute atomic E-state index is 11.7. The fourth-order valence-electron chi connectivity index (χ4n) is 1.16. The van der Waals surface area contributed by atoms with Crippen molar-refractivity contribution in [3.63, 3.8) is 0 Å². The highest BCUT2D eigenvalue weighted by molar-refractivity contribution is 7.14. The van der Waals surface area contributed by atoms with E-state index in [0.29, 0.717) is 11.0 Å². The normalized spacial score (nSPS) is 10.1. The van der Waals surface area contributed by atoms with Crippen LogP contribution in [-0.4, -0.2) is 32.0 Å². The van der Waals surface area contributed by atoms with Gasteiger partial charge in [-0.2, -0.15) is 5.10 Å². The van der Waals surface area contributed by atoms with E-state index in [4.69, 9.17) is 0 Å². The first-order valence-electron chi connectivity index (χ1n) is 5.00. The predicted octanol–water partition coefficient (Wildman–Crippen LogP) is 0.150. The van der Waals surface area contributed by atoms with Crippen molar-refractivity contribution in [3.8, 4) is 0 Å². The largest absolute Gasteiger partial charge is 0.343 e. The average Bonchev–Trinajstić information content (AvgIpc) is 2.95. The summed E-state index contributed by atoms with van der Waals surface area (Å²) in [6, 6.07) is 0. The van der Waals surface area contributed by atoms with E-state index < -0.39 is 0 Å². The molecule has 8 nitrogen and oxygen atoms in total. The van der Waals surface area contributed by atoms with Gasteiger partial charge >= 0.3 is 0 Å². The first-order chi connectivity index (χ1) is 8.65. The number of hydrogen-bond donors (Lipinski definition) is 3. The molecule has 0 atom stereocenters. The lowest BCUT2D eigenvalue weighted by Crippen LogP contribution is -2.23. The molecule has 2 heterocycles. The topological polar surface area (TPSA) is 113 Å². The van der Waals surface area contributed by atoms with Gasteiger partial charge in [0.2, 0.25) is 5.91 Å². The Hall–Kier alpha value is -2.29. The molecule has 0 aliphatic rings. The first kappa shape index (κ1) is 12.2. The highest BCUT2D eigenvalue weighted by Gasteiger charge is 2.11. The Balaban J connectivity index is 1.92. The molecular formula is C9H10N6O2S. The number of hydrogen-bond acceptors (Lipinski definition) is 6. The number of H-pyrrole nitrogens is 1. The second-order valence-electron chi connectivity index (χ2n) is 3.33. The third-order valence-corrected chi connectivity index (χ3v) is 2.66. The van der Waals surface area contributed by atoms with Crippen molar-refractivity contribution in [2.24, 2.45) is 0 Å². The molecule has 2 rings (SSSR count). The standard InChI is InChI=1S/C9H10N6O2S/c1-5(16)13-9-14-6(3-18-9)8(17)10-2-7-11-4-12-15-7/h3-4H,2H2,1H3,(H,10,17)(H,11,12,15)(H,13,14,16). The Morgan fingerprint density at radius 3 is 3.00 bits per heavy atom. The van der Waals surface area contributed by atoms with E-state index in [1.807, 2.05) is 0 Å². The van der Waals surface area contributed by atoms with Crippen molar-refractivity contribution in [3.05, 3.63) is 23.2 Å². The Kier molecular flexibility index (Phi) is 3.63. The molecule has 0 saturated carbocycles. The fourth-order valence-corrected chi connectivity index (χ4v) is 1.89. The number of rotatable bonds is 4. The van der Waals surface area contributed by atoms with E-state index in [1.54, 1.807) is 5.38 Å². The minimum absolute atomic E-state index is 0.224. The van der Waals surface area contributed by atoms with Crippen LogP contribution in [0.5, 0.6) is 0 Å². The van der Waals surface area contributed by atoms with E-state index >= 15 is 0 Å². The summed E-state index contributed by atoms with van der Waals surface area (Å²) in [4.78, 5) is 30.4. The van der Waals surface area contributed by atoms with E-state index in [-0.39, 0.29) is 24.1 Å². The lowest BCUT2D eigenvalue weighted by molar-refractivity contribution is -0.114. The van der Waals surface area contributed by atoms with Gasteiger partial charge in [-0.3, -0.25) is 14.7 Å². The Bertz CT molecular complexity index is 549. The van der Waals surface area contributed by atoms with Gasteiger partial charge in [0.15, 0.2) is 5.13 Å². The molecule has 0 saturated heterocycles. The minimum Gasteiger partial charge on any atom is -0.343 e. The Morgan fingerprint density at radius 2 is 2.33 bits per heavy atom. The highest BCUT2D eigenvalue weighted by Crippen LogP contribution is 2.15. The van der Waals surface area contributed by atoms with E-state index in [0.717, 1.165) is 0 Å². The minimum atomic E-state index is -0.334. The van der Waals surface area contributed by atoms with Crippen LogP contribution in [0.1, 0.15) is 23.2 Å². The Morgan fingerprint density at radius 1 is 1.50 bits per heavy atom. The monoisotopic (exact) mass is 266 g/mol. The molecule has 0 aliphatic heterocycles. The lowest BCUT2D eigenvalue weighted by Gasteiger charge is -1.99. The predicted molar refractivity (Wildman–Crippen MR) is 64.0 cm³/mol. The van der Waals surface area contributed by atoms with Crippen LogP contribution in [0.3, 0.4) is 0 Å². The lowest BCUT2D eigenvalue weighted by atomic mass is 10.4. The van der Waals surface area contributed by atoms with Crippen molar-refractivity contribution < 1.29 is 9.59 Å². The van der Waals surface area contributed by atoms with E-state index in [1.165, 1.54) is 24.6 Å². The number of carbonyl (C=O) groups is 2. The molecule has 0 fully saturated rings. The number of nitrogens with one attached hydrogen (secondary N) is 3. The fraction of sp³-hybridized carbons (Fsp3) is 0.222. The summed E-state index contributed by atoms with van der Waals surface area (Å²) in [5.74, 6) is -0.00196. The van der Waals surface area contributed by atoms with E-state index in [9.17, 15) is 9.59 Å². The van der Waals surface area contributed by atoms with Crippen LogP contribution in [0, 0.1) is 0 Å². The second kappa shape index (κ2) is 5.36. The number of aromatic nitrogens is 4. The number of amides is 2. The van der Waals surface area contributed by atoms with Crippen LogP contribution in [0.15, 0.2) is 11.7 Å². The summed E-state index contributed by atoms with van der Waals surface area (Å²) in [6.45, 7) is 1.62. The van der Waals surface area contributed by atoms with Crippen molar-refractivity contribution >= 4 is 28.3 Å². The second-order valence-corrected chi connectivity index (χ2v) is 4.19. The van der Waals surface area contributed by atoms with E-state index in [2.05, 4.69) is 30.8 Å². The summed E-state index contributed by atoms with van der Waals surface area (Å²) in [5, 5.41) is 13.4.